The van der Waals surface area contributed by atoms with Gasteiger partial charge >= 0.3 is 0 Å². The van der Waals surface area contributed by atoms with E-state index in [4.69, 9.17) is 0 Å². The summed E-state index contributed by atoms with van der Waals surface area (Å²) >= 11 is 0. The molecule has 1 aromatic carbocycles. The maximum atomic E-state index is 13.5. The predicted octanol–water partition coefficient (Wildman–Crippen LogP) is 3.50. The molecule has 0 aliphatic rings. The molecule has 19 heavy (non-hydrogen) atoms. The highest BCUT2D eigenvalue weighted by atomic mass is 19.1. The van der Waals surface area contributed by atoms with Gasteiger partial charge in [0.05, 0.1) is 12.6 Å². The summed E-state index contributed by atoms with van der Waals surface area (Å²) in [5, 5.41) is 9.92. The van der Waals surface area contributed by atoms with Crippen LogP contribution < -0.4 is 0 Å². The molecule has 2 aromatic rings. The Balaban J connectivity index is 2.21. The second kappa shape index (κ2) is 5.53. The number of hydrogen-bond acceptors (Lipinski definition) is 1. The lowest BCUT2D eigenvalue weighted by atomic mass is 10.0. The molecule has 0 aliphatic carbocycles. The number of hydrogen-bond donors (Lipinski definition) is 1. The first kappa shape index (κ1) is 13.7. The van der Waals surface area contributed by atoms with Gasteiger partial charge in [0.2, 0.25) is 0 Å². The molecular formula is C15H17F2NO. The number of halogens is 2. The van der Waals surface area contributed by atoms with Gasteiger partial charge < -0.3 is 9.67 Å². The third-order valence-electron chi connectivity index (χ3n) is 3.15. The van der Waals surface area contributed by atoms with Crippen LogP contribution in [-0.4, -0.2) is 9.67 Å². The van der Waals surface area contributed by atoms with Crippen molar-refractivity contribution in [2.24, 2.45) is 5.92 Å². The highest BCUT2D eigenvalue weighted by molar-refractivity contribution is 5.22. The Morgan fingerprint density at radius 3 is 2.37 bits per heavy atom. The Kier molecular flexibility index (Phi) is 4.00. The number of aromatic nitrogens is 1. The zero-order valence-electron chi connectivity index (χ0n) is 11.0. The Morgan fingerprint density at radius 2 is 1.79 bits per heavy atom. The SMILES string of the molecule is CC(C)C(O)c1ccn(Cc2c(F)cccc2F)c1. The van der Waals surface area contributed by atoms with Crippen LogP contribution in [0.15, 0.2) is 36.7 Å². The molecule has 1 atom stereocenters. The van der Waals surface area contributed by atoms with Crippen molar-refractivity contribution in [1.29, 1.82) is 0 Å². The highest BCUT2D eigenvalue weighted by Crippen LogP contribution is 2.22. The second-order valence-corrected chi connectivity index (χ2v) is 5.01. The third-order valence-corrected chi connectivity index (χ3v) is 3.15. The van der Waals surface area contributed by atoms with Gasteiger partial charge in [0.15, 0.2) is 0 Å². The van der Waals surface area contributed by atoms with E-state index in [2.05, 4.69) is 0 Å². The summed E-state index contributed by atoms with van der Waals surface area (Å²) in [6.07, 6.45) is 2.87. The van der Waals surface area contributed by atoms with Crippen LogP contribution in [0.25, 0.3) is 0 Å². The standard InChI is InChI=1S/C15H17F2NO/c1-10(2)15(19)11-6-7-18(8-11)9-12-13(16)4-3-5-14(12)17/h3-8,10,15,19H,9H2,1-2H3. The van der Waals surface area contributed by atoms with Crippen LogP contribution in [0.3, 0.4) is 0 Å². The van der Waals surface area contributed by atoms with Crippen molar-refractivity contribution in [3.63, 3.8) is 0 Å². The number of rotatable bonds is 4. The molecule has 2 nitrogen and oxygen atoms in total. The van der Waals surface area contributed by atoms with Crippen LogP contribution in [0.2, 0.25) is 0 Å². The maximum Gasteiger partial charge on any atom is 0.131 e. The molecule has 0 aliphatic heterocycles. The average molecular weight is 265 g/mol. The molecule has 1 N–H and O–H groups in total. The smallest absolute Gasteiger partial charge is 0.131 e. The van der Waals surface area contributed by atoms with Crippen molar-refractivity contribution in [3.8, 4) is 0 Å². The summed E-state index contributed by atoms with van der Waals surface area (Å²) in [6.45, 7) is 3.94. The molecule has 4 heteroatoms. The molecule has 2 rings (SSSR count). The van der Waals surface area contributed by atoms with Gasteiger partial charge in [0, 0.05) is 18.0 Å². The van der Waals surface area contributed by atoms with Gasteiger partial charge in [0.25, 0.3) is 0 Å². The van der Waals surface area contributed by atoms with E-state index in [-0.39, 0.29) is 18.0 Å². The maximum absolute atomic E-state index is 13.5. The molecule has 0 fully saturated rings. The van der Waals surface area contributed by atoms with Gasteiger partial charge in [0.1, 0.15) is 11.6 Å². The van der Waals surface area contributed by atoms with E-state index < -0.39 is 17.7 Å². The summed E-state index contributed by atoms with van der Waals surface area (Å²) in [6, 6.07) is 5.60. The number of nitrogens with zero attached hydrogens (tertiary/aromatic N) is 1. The molecule has 1 aromatic heterocycles. The minimum atomic E-state index is -0.563. The highest BCUT2D eigenvalue weighted by Gasteiger charge is 2.14. The van der Waals surface area contributed by atoms with Gasteiger partial charge in [-0.2, -0.15) is 0 Å². The van der Waals surface area contributed by atoms with E-state index in [1.807, 2.05) is 13.8 Å². The largest absolute Gasteiger partial charge is 0.388 e. The van der Waals surface area contributed by atoms with Crippen LogP contribution >= 0.6 is 0 Å². The lowest BCUT2D eigenvalue weighted by molar-refractivity contribution is 0.127. The molecule has 102 valence electrons. The zero-order chi connectivity index (χ0) is 14.0. The second-order valence-electron chi connectivity index (χ2n) is 5.01. The number of aliphatic hydroxyl groups is 1. The molecule has 0 spiro atoms. The molecule has 0 saturated heterocycles. The zero-order valence-corrected chi connectivity index (χ0v) is 11.0. The Hall–Kier alpha value is -1.68. The fraction of sp³-hybridized carbons (Fsp3) is 0.333. The molecule has 1 heterocycles. The Morgan fingerprint density at radius 1 is 1.16 bits per heavy atom. The van der Waals surface area contributed by atoms with E-state index >= 15 is 0 Å². The minimum Gasteiger partial charge on any atom is -0.388 e. The van der Waals surface area contributed by atoms with E-state index in [0.29, 0.717) is 0 Å². The first-order chi connectivity index (χ1) is 8.99. The number of benzene rings is 1. The van der Waals surface area contributed by atoms with Gasteiger partial charge in [-0.05, 0) is 29.7 Å². The third kappa shape index (κ3) is 3.01. The molecule has 0 saturated carbocycles. The van der Waals surface area contributed by atoms with E-state index in [9.17, 15) is 13.9 Å². The molecular weight excluding hydrogens is 248 g/mol. The first-order valence-corrected chi connectivity index (χ1v) is 6.25. The lowest BCUT2D eigenvalue weighted by Crippen LogP contribution is -2.05. The monoisotopic (exact) mass is 265 g/mol. The van der Waals surface area contributed by atoms with Crippen molar-refractivity contribution in [2.45, 2.75) is 26.5 Å². The van der Waals surface area contributed by atoms with E-state index in [1.54, 1.807) is 23.0 Å². The van der Waals surface area contributed by atoms with E-state index in [1.165, 1.54) is 18.2 Å². The number of aliphatic hydroxyl groups excluding tert-OH is 1. The minimum absolute atomic E-state index is 0.0312. The molecule has 0 radical (unpaired) electrons. The Bertz CT molecular complexity index is 543. The predicted molar refractivity (Wildman–Crippen MR) is 69.7 cm³/mol. The average Bonchev–Trinajstić information content (AvgIpc) is 2.81. The van der Waals surface area contributed by atoms with Gasteiger partial charge in [-0.15, -0.1) is 0 Å². The first-order valence-electron chi connectivity index (χ1n) is 6.25. The van der Waals surface area contributed by atoms with Crippen molar-refractivity contribution in [3.05, 3.63) is 59.4 Å². The summed E-state index contributed by atoms with van der Waals surface area (Å²) in [5.74, 6) is -1.01. The fourth-order valence-electron chi connectivity index (χ4n) is 1.98. The fourth-order valence-corrected chi connectivity index (χ4v) is 1.98. The van der Waals surface area contributed by atoms with Crippen LogP contribution in [0.4, 0.5) is 8.78 Å². The van der Waals surface area contributed by atoms with Crippen LogP contribution in [-0.2, 0) is 6.54 Å². The van der Waals surface area contributed by atoms with E-state index in [0.717, 1.165) is 5.56 Å². The summed E-state index contributed by atoms with van der Waals surface area (Å²) in [7, 11) is 0. The van der Waals surface area contributed by atoms with Crippen LogP contribution in [0.1, 0.15) is 31.1 Å². The summed E-state index contributed by atoms with van der Waals surface area (Å²) < 4.78 is 28.7. The normalized spacial score (nSPS) is 12.9. The quantitative estimate of drug-likeness (QED) is 0.899. The molecule has 1 unspecified atom stereocenters. The van der Waals surface area contributed by atoms with Gasteiger partial charge in [-0.25, -0.2) is 8.78 Å². The van der Waals surface area contributed by atoms with Crippen LogP contribution in [0, 0.1) is 17.6 Å². The van der Waals surface area contributed by atoms with Crippen molar-refractivity contribution in [1.82, 2.24) is 4.57 Å². The molecule has 0 amide bonds. The van der Waals surface area contributed by atoms with Crippen molar-refractivity contribution in [2.75, 3.05) is 0 Å². The Labute approximate surface area is 111 Å². The van der Waals surface area contributed by atoms with Crippen molar-refractivity contribution < 1.29 is 13.9 Å². The topological polar surface area (TPSA) is 25.2 Å². The van der Waals surface area contributed by atoms with Crippen LogP contribution in [0.5, 0.6) is 0 Å². The lowest BCUT2D eigenvalue weighted by Gasteiger charge is -2.12. The summed E-state index contributed by atoms with van der Waals surface area (Å²) in [5.41, 5.74) is 0.787. The summed E-state index contributed by atoms with van der Waals surface area (Å²) in [4.78, 5) is 0. The van der Waals surface area contributed by atoms with Crippen molar-refractivity contribution >= 4 is 0 Å². The van der Waals surface area contributed by atoms with Gasteiger partial charge in [-0.1, -0.05) is 19.9 Å². The van der Waals surface area contributed by atoms with Gasteiger partial charge in [-0.3, -0.25) is 0 Å². The molecule has 0 bridgehead atoms.